The molecule has 1 aliphatic heterocycles. The number of nitrogens with zero attached hydrogens (tertiary/aromatic N) is 4. The molecule has 0 aliphatic carbocycles. The first-order valence-corrected chi connectivity index (χ1v) is 10.7. The van der Waals surface area contributed by atoms with Gasteiger partial charge in [0, 0.05) is 24.7 Å². The first-order valence-electron chi connectivity index (χ1n) is 8.75. The second kappa shape index (κ2) is 7.77. The van der Waals surface area contributed by atoms with Gasteiger partial charge in [-0.05, 0) is 36.3 Å². The van der Waals surface area contributed by atoms with Crippen molar-refractivity contribution in [3.05, 3.63) is 61.0 Å². The molecule has 1 fully saturated rings. The van der Waals surface area contributed by atoms with E-state index in [1.165, 1.54) is 22.9 Å². The monoisotopic (exact) mass is 438 g/mol. The molecule has 0 N–H and O–H groups in total. The molecule has 0 unspecified atom stereocenters. The number of non-ortho nitro benzene ring substituents is 1. The first kappa shape index (κ1) is 19.3. The number of hydrogen-bond donors (Lipinski definition) is 0. The van der Waals surface area contributed by atoms with Gasteiger partial charge in [0.15, 0.2) is 0 Å². The van der Waals surface area contributed by atoms with Crippen LogP contribution in [0.3, 0.4) is 0 Å². The third-order valence-corrected chi connectivity index (χ3v) is 6.56. The van der Waals surface area contributed by atoms with Crippen LogP contribution in [0.4, 0.5) is 5.69 Å². The van der Waals surface area contributed by atoms with Crippen LogP contribution >= 0.6 is 35.0 Å². The number of fused-ring (bicyclic) bond motifs is 1. The topological polar surface area (TPSA) is 83.0 Å². The number of hydrogen-bond acceptors (Lipinski definition) is 5. The van der Waals surface area contributed by atoms with Crippen molar-refractivity contribution in [3.63, 3.8) is 0 Å². The fraction of sp³-hybridized carbons (Fsp3) is 0.333. The summed E-state index contributed by atoms with van der Waals surface area (Å²) in [6.07, 6.45) is 3.78. The highest BCUT2D eigenvalue weighted by molar-refractivity contribution is 7.99. The van der Waals surface area contributed by atoms with Gasteiger partial charge in [-0.15, -0.1) is 0 Å². The van der Waals surface area contributed by atoms with Crippen molar-refractivity contribution >= 4 is 51.7 Å². The van der Waals surface area contributed by atoms with E-state index in [-0.39, 0.29) is 21.3 Å². The van der Waals surface area contributed by atoms with Crippen molar-refractivity contribution in [1.82, 2.24) is 14.3 Å². The van der Waals surface area contributed by atoms with E-state index in [0.29, 0.717) is 29.2 Å². The highest BCUT2D eigenvalue weighted by Gasteiger charge is 2.21. The number of aromatic nitrogens is 3. The van der Waals surface area contributed by atoms with Crippen molar-refractivity contribution < 1.29 is 4.92 Å². The average Bonchev–Trinajstić information content (AvgIpc) is 3.08. The van der Waals surface area contributed by atoms with Gasteiger partial charge in [-0.25, -0.2) is 4.68 Å². The summed E-state index contributed by atoms with van der Waals surface area (Å²) in [6, 6.07) is 5.66. The summed E-state index contributed by atoms with van der Waals surface area (Å²) in [5.41, 5.74) is 1.44. The van der Waals surface area contributed by atoms with Gasteiger partial charge >= 0.3 is 0 Å². The predicted octanol–water partition coefficient (Wildman–Crippen LogP) is 4.55. The maximum Gasteiger partial charge on any atom is 0.272 e. The summed E-state index contributed by atoms with van der Waals surface area (Å²) >= 11 is 14.5. The molecule has 7 nitrogen and oxygen atoms in total. The lowest BCUT2D eigenvalue weighted by molar-refractivity contribution is -0.384. The van der Waals surface area contributed by atoms with Crippen molar-refractivity contribution in [2.75, 3.05) is 11.5 Å². The van der Waals surface area contributed by atoms with Crippen LogP contribution in [0.1, 0.15) is 12.8 Å². The number of benzene rings is 1. The molecule has 3 aromatic rings. The Morgan fingerprint density at radius 3 is 2.50 bits per heavy atom. The summed E-state index contributed by atoms with van der Waals surface area (Å²) in [5, 5.41) is 15.6. The van der Waals surface area contributed by atoms with Crippen LogP contribution in [0.25, 0.3) is 16.7 Å². The number of pyridine rings is 1. The van der Waals surface area contributed by atoms with Gasteiger partial charge in [-0.1, -0.05) is 23.2 Å². The van der Waals surface area contributed by atoms with E-state index in [1.807, 2.05) is 11.8 Å². The second-order valence-electron chi connectivity index (χ2n) is 6.68. The largest absolute Gasteiger partial charge is 0.305 e. The number of nitro benzene ring substituents is 1. The molecule has 0 saturated carbocycles. The van der Waals surface area contributed by atoms with E-state index < -0.39 is 4.92 Å². The Hall–Kier alpha value is -2.03. The number of thioether (sulfide) groups is 1. The van der Waals surface area contributed by atoms with Crippen LogP contribution < -0.4 is 5.56 Å². The molecule has 0 amide bonds. The molecule has 1 aliphatic rings. The predicted molar refractivity (Wildman–Crippen MR) is 112 cm³/mol. The SMILES string of the molecule is O=c1ccc2c(cnn2-c2c(Cl)cc([N+](=O)[O-])cc2Cl)n1CC1CCSCC1. The Balaban J connectivity index is 1.81. The molecule has 0 spiro atoms. The first-order chi connectivity index (χ1) is 13.5. The number of rotatable bonds is 4. The van der Waals surface area contributed by atoms with Crippen LogP contribution in [-0.4, -0.2) is 30.8 Å². The molecule has 1 saturated heterocycles. The van der Waals surface area contributed by atoms with Crippen LogP contribution in [0, 0.1) is 16.0 Å². The quantitative estimate of drug-likeness (QED) is 0.440. The van der Waals surface area contributed by atoms with E-state index in [1.54, 1.807) is 16.8 Å². The Kier molecular flexibility index (Phi) is 5.35. The lowest BCUT2D eigenvalue weighted by atomic mass is 10.0. The fourth-order valence-electron chi connectivity index (χ4n) is 3.49. The highest BCUT2D eigenvalue weighted by Crippen LogP contribution is 2.34. The minimum Gasteiger partial charge on any atom is -0.305 e. The minimum atomic E-state index is -0.553. The average molecular weight is 439 g/mol. The smallest absolute Gasteiger partial charge is 0.272 e. The standard InChI is InChI=1S/C18H16Cl2N4O3S/c19-13-7-12(24(26)27)8-14(20)18(13)23-15-1-2-17(25)22(16(15)9-21-23)10-11-3-5-28-6-4-11/h1-2,7-9,11H,3-6,10H2. The van der Waals surface area contributed by atoms with Gasteiger partial charge in [-0.2, -0.15) is 16.9 Å². The summed E-state index contributed by atoms with van der Waals surface area (Å²) in [6.45, 7) is 0.643. The highest BCUT2D eigenvalue weighted by atomic mass is 35.5. The van der Waals surface area contributed by atoms with Gasteiger partial charge in [-0.3, -0.25) is 14.9 Å². The Morgan fingerprint density at radius 1 is 1.18 bits per heavy atom. The van der Waals surface area contributed by atoms with Gasteiger partial charge in [0.2, 0.25) is 0 Å². The zero-order chi connectivity index (χ0) is 19.8. The summed E-state index contributed by atoms with van der Waals surface area (Å²) in [5.74, 6) is 2.69. The molecule has 0 radical (unpaired) electrons. The van der Waals surface area contributed by atoms with Crippen LogP contribution in [0.2, 0.25) is 10.0 Å². The summed E-state index contributed by atoms with van der Waals surface area (Å²) in [4.78, 5) is 23.0. The zero-order valence-corrected chi connectivity index (χ0v) is 17.0. The molecule has 2 aromatic heterocycles. The molecule has 10 heteroatoms. The van der Waals surface area contributed by atoms with E-state index in [2.05, 4.69) is 5.10 Å². The summed E-state index contributed by atoms with van der Waals surface area (Å²) < 4.78 is 3.27. The van der Waals surface area contributed by atoms with E-state index in [4.69, 9.17) is 23.2 Å². The number of halogens is 2. The fourth-order valence-corrected chi connectivity index (χ4v) is 5.33. The third-order valence-electron chi connectivity index (χ3n) is 4.93. The van der Waals surface area contributed by atoms with E-state index in [9.17, 15) is 14.9 Å². The van der Waals surface area contributed by atoms with Gasteiger partial charge in [0.25, 0.3) is 11.2 Å². The lowest BCUT2D eigenvalue weighted by Gasteiger charge is -2.22. The zero-order valence-electron chi connectivity index (χ0n) is 14.7. The van der Waals surface area contributed by atoms with Crippen molar-refractivity contribution in [1.29, 1.82) is 0 Å². The minimum absolute atomic E-state index is 0.0776. The van der Waals surface area contributed by atoms with Gasteiger partial charge in [0.05, 0.1) is 32.2 Å². The molecule has 0 atom stereocenters. The number of nitro groups is 1. The van der Waals surface area contributed by atoms with Crippen molar-refractivity contribution in [3.8, 4) is 5.69 Å². The second-order valence-corrected chi connectivity index (χ2v) is 8.72. The normalized spacial score (nSPS) is 15.2. The molecule has 4 rings (SSSR count). The Bertz CT molecular complexity index is 1100. The van der Waals surface area contributed by atoms with Crippen LogP contribution in [0.5, 0.6) is 0 Å². The van der Waals surface area contributed by atoms with Crippen molar-refractivity contribution in [2.45, 2.75) is 19.4 Å². The molecule has 146 valence electrons. The van der Waals surface area contributed by atoms with Crippen LogP contribution in [-0.2, 0) is 6.54 Å². The molecular weight excluding hydrogens is 423 g/mol. The van der Waals surface area contributed by atoms with Crippen LogP contribution in [0.15, 0.2) is 35.3 Å². The molecule has 1 aromatic carbocycles. The maximum absolute atomic E-state index is 12.5. The van der Waals surface area contributed by atoms with Gasteiger partial charge < -0.3 is 4.57 Å². The Labute approximate surface area is 174 Å². The maximum atomic E-state index is 12.5. The third kappa shape index (κ3) is 3.52. The van der Waals surface area contributed by atoms with Crippen molar-refractivity contribution in [2.24, 2.45) is 5.92 Å². The molecule has 0 bridgehead atoms. The molecule has 28 heavy (non-hydrogen) atoms. The van der Waals surface area contributed by atoms with E-state index >= 15 is 0 Å². The lowest BCUT2D eigenvalue weighted by Crippen LogP contribution is -2.25. The van der Waals surface area contributed by atoms with E-state index in [0.717, 1.165) is 24.3 Å². The Morgan fingerprint density at radius 2 is 1.86 bits per heavy atom. The molecular formula is C18H16Cl2N4O3S. The molecule has 3 heterocycles. The summed E-state index contributed by atoms with van der Waals surface area (Å²) in [7, 11) is 0. The van der Waals surface area contributed by atoms with Gasteiger partial charge in [0.1, 0.15) is 5.69 Å².